The van der Waals surface area contributed by atoms with E-state index in [1.165, 1.54) is 0 Å². The first kappa shape index (κ1) is 15.9. The average Bonchev–Trinajstić information content (AvgIpc) is 2.64. The molecule has 7 N–H and O–H groups in total. The highest BCUT2D eigenvalue weighted by Gasteiger charge is 2.52. The van der Waals surface area contributed by atoms with Crippen LogP contribution < -0.4 is 11.1 Å². The van der Waals surface area contributed by atoms with E-state index in [2.05, 4.69) is 4.99 Å². The van der Waals surface area contributed by atoms with Crippen LogP contribution in [0.2, 0.25) is 0 Å². The molecular weight excluding hydrogens is 312 g/mol. The molecule has 5 unspecified atom stereocenters. The Hall–Kier alpha value is -1.51. The molecule has 0 aliphatic carbocycles. The van der Waals surface area contributed by atoms with Gasteiger partial charge in [0.05, 0.1) is 6.61 Å². The topological polar surface area (TPSA) is 195 Å². The Morgan fingerprint density at radius 2 is 2.00 bits per heavy atom. The molecule has 2 aliphatic heterocycles. The van der Waals surface area contributed by atoms with Crippen LogP contribution in [0.4, 0.5) is 4.79 Å². The molecule has 120 valence electrons. The number of hydrogen-bond acceptors (Lipinski definition) is 9. The quantitative estimate of drug-likeness (QED) is 0.279. The van der Waals surface area contributed by atoms with Crippen molar-refractivity contribution in [2.45, 2.75) is 30.0 Å². The molecule has 12 nitrogen and oxygen atoms in total. The number of carbonyl (C=O) groups excluding carboxylic acids is 1. The van der Waals surface area contributed by atoms with Crippen LogP contribution in [0.15, 0.2) is 4.99 Å². The van der Waals surface area contributed by atoms with Gasteiger partial charge in [-0.25, -0.2) is 9.79 Å². The van der Waals surface area contributed by atoms with Crippen molar-refractivity contribution in [3.8, 4) is 0 Å². The number of hydrogen-bond donors (Lipinski definition) is 6. The molecule has 21 heavy (non-hydrogen) atoms. The van der Waals surface area contributed by atoms with Gasteiger partial charge >= 0.3 is 16.1 Å². The van der Waals surface area contributed by atoms with E-state index in [4.69, 9.17) is 20.1 Å². The van der Waals surface area contributed by atoms with Crippen molar-refractivity contribution >= 4 is 22.1 Å². The lowest BCUT2D eigenvalue weighted by atomic mass is 10.1. The maximum absolute atomic E-state index is 11.8. The monoisotopic (exact) mass is 326 g/mol. The minimum atomic E-state index is -4.88. The van der Waals surface area contributed by atoms with Gasteiger partial charge in [-0.05, 0) is 0 Å². The first-order valence-electron chi connectivity index (χ1n) is 5.68. The summed E-state index contributed by atoms with van der Waals surface area (Å²) in [5, 5.41) is 30.4. The molecule has 2 aliphatic rings. The van der Waals surface area contributed by atoms with E-state index in [1.54, 1.807) is 0 Å². The highest BCUT2D eigenvalue weighted by molar-refractivity contribution is 7.86. The standard InChI is InChI=1S/C8H14N4O8S/c9-6-10-7(16)12(8(11-6)21(17,18)19)5-4(15)3(14)2(1-13)20-5/h2-5,8,13-15H,1H2,(H,17,18,19)(H3,9,10,11,16). The van der Waals surface area contributed by atoms with Gasteiger partial charge < -0.3 is 25.8 Å². The first-order valence-corrected chi connectivity index (χ1v) is 7.18. The number of nitrogens with two attached hydrogens (primary N) is 1. The zero-order chi connectivity index (χ0) is 15.9. The van der Waals surface area contributed by atoms with E-state index >= 15 is 0 Å². The second-order valence-electron chi connectivity index (χ2n) is 4.42. The van der Waals surface area contributed by atoms with E-state index < -0.39 is 58.8 Å². The van der Waals surface area contributed by atoms with E-state index in [-0.39, 0.29) is 0 Å². The van der Waals surface area contributed by atoms with Crippen molar-refractivity contribution in [2.24, 2.45) is 10.7 Å². The van der Waals surface area contributed by atoms with Crippen LogP contribution >= 0.6 is 0 Å². The maximum Gasteiger partial charge on any atom is 0.328 e. The summed E-state index contributed by atoms with van der Waals surface area (Å²) in [5.41, 5.74) is 3.07. The molecule has 0 aromatic rings. The Morgan fingerprint density at radius 1 is 1.38 bits per heavy atom. The Balaban J connectivity index is 2.38. The van der Waals surface area contributed by atoms with Gasteiger partial charge in [-0.2, -0.15) is 8.42 Å². The van der Waals surface area contributed by atoms with Gasteiger partial charge in [0.2, 0.25) is 0 Å². The minimum Gasteiger partial charge on any atom is -0.394 e. The van der Waals surface area contributed by atoms with Crippen LogP contribution in [-0.4, -0.2) is 81.8 Å². The van der Waals surface area contributed by atoms with Crippen molar-refractivity contribution in [3.63, 3.8) is 0 Å². The van der Waals surface area contributed by atoms with Gasteiger partial charge in [0.25, 0.3) is 5.50 Å². The molecule has 13 heteroatoms. The lowest BCUT2D eigenvalue weighted by molar-refractivity contribution is -0.0838. The van der Waals surface area contributed by atoms with E-state index in [0.717, 1.165) is 0 Å². The molecule has 1 saturated heterocycles. The number of guanidine groups is 1. The third-order valence-corrected chi connectivity index (χ3v) is 3.88. The van der Waals surface area contributed by atoms with Crippen molar-refractivity contribution in [1.29, 1.82) is 0 Å². The first-order chi connectivity index (χ1) is 9.66. The van der Waals surface area contributed by atoms with Crippen molar-refractivity contribution in [1.82, 2.24) is 10.2 Å². The molecule has 1 fully saturated rings. The second-order valence-corrected chi connectivity index (χ2v) is 5.87. The molecule has 2 rings (SSSR count). The van der Waals surface area contributed by atoms with E-state index in [9.17, 15) is 23.4 Å². The average molecular weight is 326 g/mol. The minimum absolute atomic E-state index is 0.370. The molecule has 0 radical (unpaired) electrons. The Morgan fingerprint density at radius 3 is 2.48 bits per heavy atom. The van der Waals surface area contributed by atoms with E-state index in [0.29, 0.717) is 4.90 Å². The van der Waals surface area contributed by atoms with Crippen LogP contribution in [0.5, 0.6) is 0 Å². The summed E-state index contributed by atoms with van der Waals surface area (Å²) < 4.78 is 36.8. The number of ether oxygens (including phenoxy) is 1. The highest BCUT2D eigenvalue weighted by Crippen LogP contribution is 2.28. The fourth-order valence-corrected chi connectivity index (χ4v) is 2.80. The summed E-state index contributed by atoms with van der Waals surface area (Å²) in [6.07, 6.45) is -6.16. The predicted molar refractivity (Wildman–Crippen MR) is 65.1 cm³/mol. The SMILES string of the molecule is NC1=NC(S(=O)(=O)O)N(C2OC(CO)C(O)C2O)C(=O)N1. The smallest absolute Gasteiger partial charge is 0.328 e. The number of rotatable bonds is 3. The van der Waals surface area contributed by atoms with Crippen LogP contribution in [-0.2, 0) is 14.9 Å². The summed E-state index contributed by atoms with van der Waals surface area (Å²) in [7, 11) is -4.88. The van der Waals surface area contributed by atoms with Gasteiger partial charge in [0.15, 0.2) is 12.2 Å². The number of carbonyl (C=O) groups is 1. The van der Waals surface area contributed by atoms with Crippen molar-refractivity contribution in [2.75, 3.05) is 6.61 Å². The lowest BCUT2D eigenvalue weighted by Gasteiger charge is -2.35. The van der Waals surface area contributed by atoms with Gasteiger partial charge in [-0.3, -0.25) is 14.8 Å². The third kappa shape index (κ3) is 2.78. The van der Waals surface area contributed by atoms with Crippen molar-refractivity contribution < 1.29 is 37.8 Å². The zero-order valence-electron chi connectivity index (χ0n) is 10.4. The molecule has 0 bridgehead atoms. The van der Waals surface area contributed by atoms with E-state index in [1.807, 2.05) is 5.32 Å². The van der Waals surface area contributed by atoms with Crippen molar-refractivity contribution in [3.05, 3.63) is 0 Å². The number of aliphatic imine (C=N–C) groups is 1. The number of urea groups is 1. The second kappa shape index (κ2) is 5.36. The highest BCUT2D eigenvalue weighted by atomic mass is 32.2. The van der Waals surface area contributed by atoms with Gasteiger partial charge in [0.1, 0.15) is 18.3 Å². The van der Waals surface area contributed by atoms with Gasteiger partial charge in [0, 0.05) is 0 Å². The fourth-order valence-electron chi connectivity index (χ4n) is 2.05. The van der Waals surface area contributed by atoms with Crippen LogP contribution in [0.25, 0.3) is 0 Å². The van der Waals surface area contributed by atoms with Gasteiger partial charge in [-0.15, -0.1) is 0 Å². The molecule has 0 aromatic heterocycles. The zero-order valence-corrected chi connectivity index (χ0v) is 11.2. The summed E-state index contributed by atoms with van der Waals surface area (Å²) in [5.74, 6) is -0.550. The maximum atomic E-state index is 11.8. The molecular formula is C8H14N4O8S. The molecule has 0 aromatic carbocycles. The van der Waals surface area contributed by atoms with Gasteiger partial charge in [-0.1, -0.05) is 0 Å². The Bertz CT molecular complexity index is 565. The van der Waals surface area contributed by atoms with Crippen LogP contribution in [0.1, 0.15) is 0 Å². The van der Waals surface area contributed by atoms with Crippen LogP contribution in [0.3, 0.4) is 0 Å². The Labute approximate surface area is 118 Å². The molecule has 2 heterocycles. The largest absolute Gasteiger partial charge is 0.394 e. The lowest BCUT2D eigenvalue weighted by Crippen LogP contribution is -2.62. The Kier molecular flexibility index (Phi) is 4.05. The number of amides is 2. The third-order valence-electron chi connectivity index (χ3n) is 3.01. The summed E-state index contributed by atoms with van der Waals surface area (Å²) >= 11 is 0. The van der Waals surface area contributed by atoms with Crippen LogP contribution in [0, 0.1) is 0 Å². The molecule has 2 amide bonds. The molecule has 0 spiro atoms. The summed E-state index contributed by atoms with van der Waals surface area (Å²) in [6, 6.07) is -1.11. The predicted octanol–water partition coefficient (Wildman–Crippen LogP) is -4.06. The summed E-state index contributed by atoms with van der Waals surface area (Å²) in [4.78, 5) is 15.6. The number of aliphatic hydroxyl groups excluding tert-OH is 3. The number of nitrogens with one attached hydrogen (secondary N) is 1. The normalized spacial score (nSPS) is 37.3. The number of aliphatic hydroxyl groups is 3. The molecule has 0 saturated carbocycles. The number of nitrogens with zero attached hydrogens (tertiary/aromatic N) is 2. The fraction of sp³-hybridized carbons (Fsp3) is 0.750. The summed E-state index contributed by atoms with van der Waals surface area (Å²) in [6.45, 7) is -0.674. The molecule has 5 atom stereocenters.